The number of carbonyl (C=O) groups is 1. The van der Waals surface area contributed by atoms with Gasteiger partial charge in [0, 0.05) is 29.8 Å². The van der Waals surface area contributed by atoms with Crippen LogP contribution < -0.4 is 15.4 Å². The van der Waals surface area contributed by atoms with Gasteiger partial charge in [-0.3, -0.25) is 5.10 Å². The molecule has 9 nitrogen and oxygen atoms in total. The molecule has 2 aromatic rings. The first-order chi connectivity index (χ1) is 13.5. The summed E-state index contributed by atoms with van der Waals surface area (Å²) in [7, 11) is 0. The molecule has 1 saturated carbocycles. The molecule has 0 saturated heterocycles. The fraction of sp³-hybridized carbons (Fsp3) is 0.579. The number of amides is 1. The van der Waals surface area contributed by atoms with Crippen LogP contribution in [0, 0.1) is 0 Å². The Kier molecular flexibility index (Phi) is 5.31. The topological polar surface area (TPSA) is 114 Å². The molecule has 1 fully saturated rings. The van der Waals surface area contributed by atoms with E-state index in [1.807, 2.05) is 26.0 Å². The standard InChI is InChI=1S/C19H26N6O3/c1-11-3-4-12(2)27-18-8-14(10-20-25-18)22-17-9-16(23-24-17)13-5-6-15(7-13)28-19(26)21-11/h8-13,15H,3-7H2,1-2H3,(H,21,26)(H2,22,23,24)/t11-,12-,13-,15+/m0/s1. The highest BCUT2D eigenvalue weighted by Gasteiger charge is 2.30. The lowest BCUT2D eigenvalue weighted by Crippen LogP contribution is -2.35. The van der Waals surface area contributed by atoms with E-state index in [9.17, 15) is 4.79 Å². The molecule has 1 aliphatic carbocycles. The predicted molar refractivity (Wildman–Crippen MR) is 103 cm³/mol. The van der Waals surface area contributed by atoms with Crippen LogP contribution in [0.1, 0.15) is 57.6 Å². The van der Waals surface area contributed by atoms with Gasteiger partial charge in [-0.15, -0.1) is 5.10 Å². The molecule has 0 spiro atoms. The maximum absolute atomic E-state index is 12.2. The summed E-state index contributed by atoms with van der Waals surface area (Å²) >= 11 is 0. The van der Waals surface area contributed by atoms with Gasteiger partial charge in [-0.1, -0.05) is 0 Å². The summed E-state index contributed by atoms with van der Waals surface area (Å²) < 4.78 is 11.5. The number of hydrogen-bond acceptors (Lipinski definition) is 7. The number of aromatic nitrogens is 4. The lowest BCUT2D eigenvalue weighted by molar-refractivity contribution is 0.0963. The molecule has 0 unspecified atom stereocenters. The van der Waals surface area contributed by atoms with Crippen molar-refractivity contribution in [3.05, 3.63) is 24.0 Å². The van der Waals surface area contributed by atoms with Crippen molar-refractivity contribution < 1.29 is 14.3 Å². The molecule has 4 rings (SSSR count). The minimum Gasteiger partial charge on any atom is -0.474 e. The summed E-state index contributed by atoms with van der Waals surface area (Å²) in [4.78, 5) is 12.2. The molecule has 4 atom stereocenters. The van der Waals surface area contributed by atoms with Crippen LogP contribution in [0.4, 0.5) is 16.3 Å². The number of alkyl carbamates (subject to hydrolysis) is 1. The molecule has 2 aromatic heterocycles. The monoisotopic (exact) mass is 386 g/mol. The zero-order chi connectivity index (χ0) is 19.5. The van der Waals surface area contributed by atoms with E-state index in [1.165, 1.54) is 0 Å². The fourth-order valence-electron chi connectivity index (χ4n) is 3.77. The largest absolute Gasteiger partial charge is 0.474 e. The number of hydrogen-bond donors (Lipinski definition) is 3. The van der Waals surface area contributed by atoms with Crippen molar-refractivity contribution in [3.8, 4) is 5.88 Å². The third-order valence-electron chi connectivity index (χ3n) is 5.29. The predicted octanol–water partition coefficient (Wildman–Crippen LogP) is 3.26. The van der Waals surface area contributed by atoms with Gasteiger partial charge in [0.15, 0.2) is 5.82 Å². The van der Waals surface area contributed by atoms with Gasteiger partial charge in [-0.25, -0.2) is 4.79 Å². The van der Waals surface area contributed by atoms with Crippen molar-refractivity contribution >= 4 is 17.6 Å². The SMILES string of the molecule is C[C@H]1CC[C@H](C)Oc2cc(cnn2)Nc2cc([nH]n2)[C@H]2CC[C@H](C2)OC(=O)N1. The van der Waals surface area contributed by atoms with Crippen LogP contribution in [0.15, 0.2) is 18.3 Å². The highest BCUT2D eigenvalue weighted by molar-refractivity contribution is 5.67. The Morgan fingerprint density at radius 1 is 1.11 bits per heavy atom. The summed E-state index contributed by atoms with van der Waals surface area (Å²) in [5.41, 5.74) is 1.81. The van der Waals surface area contributed by atoms with Crippen molar-refractivity contribution in [2.75, 3.05) is 5.32 Å². The number of H-pyrrole nitrogens is 1. The Labute approximate surface area is 163 Å². The molecular weight excluding hydrogens is 360 g/mol. The second-order valence-corrected chi connectivity index (χ2v) is 7.70. The number of fused-ring (bicyclic) bond motifs is 7. The van der Waals surface area contributed by atoms with Crippen LogP contribution in [-0.4, -0.2) is 44.7 Å². The molecule has 9 heteroatoms. The van der Waals surface area contributed by atoms with Crippen molar-refractivity contribution in [1.82, 2.24) is 25.7 Å². The summed E-state index contributed by atoms with van der Waals surface area (Å²) in [6.07, 6.45) is 5.34. The van der Waals surface area contributed by atoms with E-state index in [-0.39, 0.29) is 24.3 Å². The molecule has 6 bridgehead atoms. The number of nitrogens with one attached hydrogen (secondary N) is 3. The second-order valence-electron chi connectivity index (χ2n) is 7.70. The zero-order valence-electron chi connectivity index (χ0n) is 16.1. The summed E-state index contributed by atoms with van der Waals surface area (Å²) in [6.45, 7) is 3.95. The Morgan fingerprint density at radius 2 is 2.00 bits per heavy atom. The number of nitrogens with zero attached hydrogens (tertiary/aromatic N) is 3. The van der Waals surface area contributed by atoms with E-state index in [1.54, 1.807) is 6.20 Å². The maximum Gasteiger partial charge on any atom is 0.407 e. The average molecular weight is 386 g/mol. The maximum atomic E-state index is 12.2. The van der Waals surface area contributed by atoms with E-state index >= 15 is 0 Å². The first-order valence-electron chi connectivity index (χ1n) is 9.84. The van der Waals surface area contributed by atoms with E-state index in [2.05, 4.69) is 31.0 Å². The van der Waals surface area contributed by atoms with Crippen molar-refractivity contribution in [1.29, 1.82) is 0 Å². The molecule has 1 amide bonds. The number of rotatable bonds is 0. The van der Waals surface area contributed by atoms with Crippen molar-refractivity contribution in [2.45, 2.75) is 70.1 Å². The number of carbonyl (C=O) groups excluding carboxylic acids is 1. The van der Waals surface area contributed by atoms with Gasteiger partial charge >= 0.3 is 6.09 Å². The highest BCUT2D eigenvalue weighted by atomic mass is 16.6. The third kappa shape index (κ3) is 4.52. The van der Waals surface area contributed by atoms with Gasteiger partial charge in [-0.05, 0) is 46.0 Å². The van der Waals surface area contributed by atoms with Gasteiger partial charge in [0.25, 0.3) is 0 Å². The first-order valence-corrected chi connectivity index (χ1v) is 9.84. The second kappa shape index (κ2) is 8.04. The van der Waals surface area contributed by atoms with Crippen LogP contribution in [0.3, 0.4) is 0 Å². The highest BCUT2D eigenvalue weighted by Crippen LogP contribution is 2.36. The molecule has 3 N–H and O–H groups in total. The molecule has 0 radical (unpaired) electrons. The Morgan fingerprint density at radius 3 is 2.89 bits per heavy atom. The van der Waals surface area contributed by atoms with E-state index in [0.29, 0.717) is 17.6 Å². The van der Waals surface area contributed by atoms with Crippen LogP contribution in [0.2, 0.25) is 0 Å². The molecular formula is C19H26N6O3. The van der Waals surface area contributed by atoms with Crippen LogP contribution in [0.5, 0.6) is 5.88 Å². The van der Waals surface area contributed by atoms with Crippen molar-refractivity contribution in [2.24, 2.45) is 0 Å². The van der Waals surface area contributed by atoms with Crippen LogP contribution in [-0.2, 0) is 4.74 Å². The summed E-state index contributed by atoms with van der Waals surface area (Å²) in [5, 5.41) is 21.6. The van der Waals surface area contributed by atoms with Gasteiger partial charge in [0.05, 0.1) is 18.0 Å². The average Bonchev–Trinajstić information content (AvgIpc) is 3.29. The minimum absolute atomic E-state index is 0.00360. The lowest BCUT2D eigenvalue weighted by Gasteiger charge is -2.19. The lowest BCUT2D eigenvalue weighted by atomic mass is 10.0. The molecule has 1 aliphatic heterocycles. The summed E-state index contributed by atoms with van der Waals surface area (Å²) in [5.74, 6) is 1.46. The van der Waals surface area contributed by atoms with E-state index in [4.69, 9.17) is 9.47 Å². The molecule has 2 aliphatic rings. The number of anilines is 2. The number of aromatic amines is 1. The molecule has 150 valence electrons. The molecule has 3 heterocycles. The van der Waals surface area contributed by atoms with E-state index in [0.717, 1.165) is 43.5 Å². The van der Waals surface area contributed by atoms with Gasteiger partial charge in [0.1, 0.15) is 6.10 Å². The van der Waals surface area contributed by atoms with E-state index < -0.39 is 0 Å². The normalized spacial score (nSPS) is 28.1. The Hall–Kier alpha value is -2.84. The smallest absolute Gasteiger partial charge is 0.407 e. The fourth-order valence-corrected chi connectivity index (χ4v) is 3.77. The third-order valence-corrected chi connectivity index (χ3v) is 5.29. The van der Waals surface area contributed by atoms with Gasteiger partial charge in [0.2, 0.25) is 5.88 Å². The first kappa shape index (κ1) is 18.5. The summed E-state index contributed by atoms with van der Waals surface area (Å²) in [6, 6.07) is 3.80. The van der Waals surface area contributed by atoms with Crippen molar-refractivity contribution in [3.63, 3.8) is 0 Å². The zero-order valence-corrected chi connectivity index (χ0v) is 16.1. The Balaban J connectivity index is 1.54. The minimum atomic E-state index is -0.349. The molecule has 28 heavy (non-hydrogen) atoms. The van der Waals surface area contributed by atoms with Gasteiger partial charge < -0.3 is 20.1 Å². The van der Waals surface area contributed by atoms with Gasteiger partial charge in [-0.2, -0.15) is 10.2 Å². The van der Waals surface area contributed by atoms with Crippen LogP contribution >= 0.6 is 0 Å². The molecule has 0 aromatic carbocycles. The Bertz CT molecular complexity index is 826. The quantitative estimate of drug-likeness (QED) is 0.637. The van der Waals surface area contributed by atoms with Crippen LogP contribution in [0.25, 0.3) is 0 Å². The number of ether oxygens (including phenoxy) is 2.